The molecule has 0 bridgehead atoms. The van der Waals surface area contributed by atoms with Gasteiger partial charge < -0.3 is 19.5 Å². The summed E-state index contributed by atoms with van der Waals surface area (Å²) in [6.45, 7) is -0.827. The minimum Gasteiger partial charge on any atom is -0.481 e. The SMILES string of the molecule is O=C(OC(C(F)(F)F)C(F)(F)F)N1CCN(Cc2ccc(C(F)(F)F)cc2C2(C(=O)O)CCOCC2)CC1. The highest BCUT2D eigenvalue weighted by molar-refractivity contribution is 5.82. The number of hydrogen-bond acceptors (Lipinski definition) is 5. The van der Waals surface area contributed by atoms with Crippen LogP contribution in [0, 0.1) is 0 Å². The van der Waals surface area contributed by atoms with Crippen LogP contribution in [-0.2, 0) is 32.4 Å². The number of rotatable bonds is 5. The van der Waals surface area contributed by atoms with Gasteiger partial charge in [-0.15, -0.1) is 0 Å². The predicted molar refractivity (Wildman–Crippen MR) is 110 cm³/mol. The molecule has 2 aliphatic rings. The van der Waals surface area contributed by atoms with Gasteiger partial charge in [-0.1, -0.05) is 6.07 Å². The minimum atomic E-state index is -5.86. The number of carboxylic acid groups (broad SMARTS) is 1. The zero-order valence-electron chi connectivity index (χ0n) is 19.5. The van der Waals surface area contributed by atoms with Crippen LogP contribution in [0.25, 0.3) is 0 Å². The fourth-order valence-corrected chi connectivity index (χ4v) is 4.48. The molecule has 0 saturated carbocycles. The van der Waals surface area contributed by atoms with Gasteiger partial charge >= 0.3 is 30.6 Å². The van der Waals surface area contributed by atoms with E-state index in [1.54, 1.807) is 4.90 Å². The van der Waals surface area contributed by atoms with Crippen molar-refractivity contribution in [3.63, 3.8) is 0 Å². The lowest BCUT2D eigenvalue weighted by Gasteiger charge is -2.38. The van der Waals surface area contributed by atoms with Crippen LogP contribution in [0.3, 0.4) is 0 Å². The summed E-state index contributed by atoms with van der Waals surface area (Å²) in [6.07, 6.45) is -22.7. The number of carbonyl (C=O) groups excluding carboxylic acids is 1. The number of benzene rings is 1. The number of aliphatic carboxylic acids is 1. The molecule has 2 saturated heterocycles. The molecule has 0 aliphatic carbocycles. The van der Waals surface area contributed by atoms with Crippen LogP contribution in [0.5, 0.6) is 0 Å². The molecule has 2 fully saturated rings. The molecule has 1 amide bonds. The Balaban J connectivity index is 1.77. The van der Waals surface area contributed by atoms with Crippen LogP contribution in [-0.4, -0.2) is 84.8 Å². The Labute approximate surface area is 210 Å². The molecule has 0 unspecified atom stereocenters. The van der Waals surface area contributed by atoms with E-state index in [2.05, 4.69) is 4.74 Å². The van der Waals surface area contributed by atoms with Crippen molar-refractivity contribution < 1.29 is 63.7 Å². The number of ether oxygens (including phenoxy) is 2. The molecule has 1 aromatic carbocycles. The first-order valence-corrected chi connectivity index (χ1v) is 11.3. The maximum atomic E-state index is 13.4. The summed E-state index contributed by atoms with van der Waals surface area (Å²) in [7, 11) is 0. The van der Waals surface area contributed by atoms with Crippen LogP contribution < -0.4 is 0 Å². The first kappa shape index (κ1) is 29.8. The normalized spacial score (nSPS) is 19.5. The minimum absolute atomic E-state index is 0.0135. The Morgan fingerprint density at radius 1 is 0.947 bits per heavy atom. The summed E-state index contributed by atoms with van der Waals surface area (Å²) in [6, 6.07) is 2.74. The number of nitrogens with zero attached hydrogens (tertiary/aromatic N) is 2. The van der Waals surface area contributed by atoms with E-state index in [-0.39, 0.29) is 69.9 Å². The van der Waals surface area contributed by atoms with Gasteiger partial charge in [0.05, 0.1) is 11.0 Å². The van der Waals surface area contributed by atoms with Crippen molar-refractivity contribution in [2.45, 2.75) is 49.4 Å². The molecule has 2 aliphatic heterocycles. The molecule has 0 aromatic heterocycles. The molecule has 7 nitrogen and oxygen atoms in total. The molecular weight excluding hydrogens is 543 g/mol. The summed E-state index contributed by atoms with van der Waals surface area (Å²) in [5.41, 5.74) is -2.49. The molecule has 3 rings (SSSR count). The van der Waals surface area contributed by atoms with Gasteiger partial charge in [0.2, 0.25) is 0 Å². The number of carboxylic acids is 1. The van der Waals surface area contributed by atoms with Crippen LogP contribution in [0.15, 0.2) is 18.2 Å². The van der Waals surface area contributed by atoms with E-state index in [1.165, 1.54) is 0 Å². The largest absolute Gasteiger partial charge is 0.481 e. The molecule has 38 heavy (non-hydrogen) atoms. The van der Waals surface area contributed by atoms with Crippen molar-refractivity contribution in [1.29, 1.82) is 0 Å². The summed E-state index contributed by atoms with van der Waals surface area (Å²) in [5, 5.41) is 9.98. The zero-order chi connectivity index (χ0) is 28.5. The van der Waals surface area contributed by atoms with E-state index >= 15 is 0 Å². The Kier molecular flexibility index (Phi) is 8.46. The average molecular weight is 566 g/mol. The summed E-state index contributed by atoms with van der Waals surface area (Å²) >= 11 is 0. The van der Waals surface area contributed by atoms with Crippen molar-refractivity contribution in [3.05, 3.63) is 34.9 Å². The van der Waals surface area contributed by atoms with E-state index in [9.17, 15) is 54.2 Å². The van der Waals surface area contributed by atoms with Crippen molar-refractivity contribution in [1.82, 2.24) is 9.80 Å². The van der Waals surface area contributed by atoms with E-state index in [0.717, 1.165) is 18.2 Å². The smallest absolute Gasteiger partial charge is 0.434 e. The quantitative estimate of drug-likeness (QED) is 0.526. The van der Waals surface area contributed by atoms with Gasteiger partial charge in [-0.3, -0.25) is 9.69 Å². The maximum Gasteiger partial charge on any atom is 0.434 e. The highest BCUT2D eigenvalue weighted by Crippen LogP contribution is 2.41. The lowest BCUT2D eigenvalue weighted by Crippen LogP contribution is -2.52. The number of alkyl halides is 9. The second kappa shape index (κ2) is 10.8. The number of amides is 1. The maximum absolute atomic E-state index is 13.4. The molecule has 0 radical (unpaired) electrons. The van der Waals surface area contributed by atoms with Crippen molar-refractivity contribution in [2.24, 2.45) is 0 Å². The van der Waals surface area contributed by atoms with Crippen molar-refractivity contribution >= 4 is 12.1 Å². The third-order valence-electron chi connectivity index (χ3n) is 6.55. The lowest BCUT2D eigenvalue weighted by atomic mass is 9.72. The summed E-state index contributed by atoms with van der Waals surface area (Å²) in [5.74, 6) is -1.32. The second-order valence-electron chi connectivity index (χ2n) is 8.98. The van der Waals surface area contributed by atoms with Crippen LogP contribution in [0.1, 0.15) is 29.5 Å². The Morgan fingerprint density at radius 3 is 1.97 bits per heavy atom. The predicted octanol–water partition coefficient (Wildman–Crippen LogP) is 4.59. The molecule has 1 N–H and O–H groups in total. The van der Waals surface area contributed by atoms with Gasteiger partial charge in [0.1, 0.15) is 0 Å². The molecule has 16 heteroatoms. The molecule has 0 spiro atoms. The van der Waals surface area contributed by atoms with Crippen LogP contribution >= 0.6 is 0 Å². The van der Waals surface area contributed by atoms with Crippen molar-refractivity contribution in [2.75, 3.05) is 39.4 Å². The summed E-state index contributed by atoms with van der Waals surface area (Å²) in [4.78, 5) is 26.5. The van der Waals surface area contributed by atoms with E-state index in [0.29, 0.717) is 4.90 Å². The highest BCUT2D eigenvalue weighted by atomic mass is 19.4. The standard InChI is InChI=1S/C22H23F9N2O5/c23-20(24,25)14-2-1-13(15(11-14)19(17(34)35)3-9-37-10-4-19)12-32-5-7-33(8-6-32)18(36)38-16(21(26,27)28)22(29,30)31/h1-2,11,16H,3-10,12H2,(H,34,35). The van der Waals surface area contributed by atoms with E-state index in [1.807, 2.05) is 0 Å². The Bertz CT molecular complexity index is 998. The number of halogens is 9. The van der Waals surface area contributed by atoms with E-state index in [4.69, 9.17) is 4.74 Å². The van der Waals surface area contributed by atoms with Gasteiger partial charge in [0.25, 0.3) is 6.10 Å². The summed E-state index contributed by atoms with van der Waals surface area (Å²) < 4.78 is 125. The monoisotopic (exact) mass is 566 g/mol. The zero-order valence-corrected chi connectivity index (χ0v) is 19.5. The number of hydrogen-bond donors (Lipinski definition) is 1. The first-order chi connectivity index (χ1) is 17.4. The first-order valence-electron chi connectivity index (χ1n) is 11.3. The van der Waals surface area contributed by atoms with Crippen LogP contribution in [0.4, 0.5) is 44.3 Å². The van der Waals surface area contributed by atoms with Crippen LogP contribution in [0.2, 0.25) is 0 Å². The molecule has 1 aromatic rings. The average Bonchev–Trinajstić information content (AvgIpc) is 2.81. The van der Waals surface area contributed by atoms with Gasteiger partial charge in [0.15, 0.2) is 0 Å². The van der Waals surface area contributed by atoms with Gasteiger partial charge in [-0.25, -0.2) is 4.79 Å². The topological polar surface area (TPSA) is 79.3 Å². The molecule has 0 atom stereocenters. The third kappa shape index (κ3) is 6.62. The van der Waals surface area contributed by atoms with Crippen molar-refractivity contribution in [3.8, 4) is 0 Å². The fourth-order valence-electron chi connectivity index (χ4n) is 4.48. The van der Waals surface area contributed by atoms with E-state index < -0.39 is 47.7 Å². The van der Waals surface area contributed by atoms with Gasteiger partial charge in [-0.2, -0.15) is 39.5 Å². The third-order valence-corrected chi connectivity index (χ3v) is 6.55. The lowest BCUT2D eigenvalue weighted by molar-refractivity contribution is -0.308. The Morgan fingerprint density at radius 2 is 1.50 bits per heavy atom. The highest BCUT2D eigenvalue weighted by Gasteiger charge is 2.60. The number of piperazine rings is 1. The fraction of sp³-hybridized carbons (Fsp3) is 0.636. The number of carbonyl (C=O) groups is 2. The molecule has 2 heterocycles. The molecular formula is C22H23F9N2O5. The second-order valence-corrected chi connectivity index (χ2v) is 8.98. The Hall–Kier alpha value is -2.75. The van der Waals surface area contributed by atoms with Gasteiger partial charge in [0, 0.05) is 45.9 Å². The van der Waals surface area contributed by atoms with Gasteiger partial charge in [-0.05, 0) is 36.1 Å². The molecule has 214 valence electrons.